The Labute approximate surface area is 220 Å². The third-order valence-corrected chi connectivity index (χ3v) is 6.94. The van der Waals surface area contributed by atoms with Crippen LogP contribution in [0.1, 0.15) is 21.5 Å². The van der Waals surface area contributed by atoms with Crippen LogP contribution in [0.25, 0.3) is 10.8 Å². The molecule has 4 aromatic carbocycles. The van der Waals surface area contributed by atoms with Crippen molar-refractivity contribution in [3.8, 4) is 0 Å². The van der Waals surface area contributed by atoms with Crippen molar-refractivity contribution in [3.63, 3.8) is 0 Å². The van der Waals surface area contributed by atoms with Gasteiger partial charge in [-0.2, -0.15) is 0 Å². The molecule has 1 atom stereocenters. The van der Waals surface area contributed by atoms with E-state index in [4.69, 9.17) is 11.6 Å². The predicted molar refractivity (Wildman–Crippen MR) is 146 cm³/mol. The van der Waals surface area contributed by atoms with E-state index in [0.717, 1.165) is 21.9 Å². The molecule has 1 aliphatic heterocycles. The van der Waals surface area contributed by atoms with Gasteiger partial charge in [0.1, 0.15) is 12.6 Å². The van der Waals surface area contributed by atoms with E-state index in [1.54, 1.807) is 30.1 Å². The van der Waals surface area contributed by atoms with Crippen LogP contribution in [0.15, 0.2) is 91.0 Å². The summed E-state index contributed by atoms with van der Waals surface area (Å²) >= 11 is 6.22. The summed E-state index contributed by atoms with van der Waals surface area (Å²) in [6.45, 7) is -0.0149. The first kappa shape index (κ1) is 24.5. The van der Waals surface area contributed by atoms with E-state index in [9.17, 15) is 14.4 Å². The molecule has 1 unspecified atom stereocenters. The second-order valence-electron chi connectivity index (χ2n) is 9.04. The van der Waals surface area contributed by atoms with Crippen molar-refractivity contribution in [1.29, 1.82) is 0 Å². The first-order chi connectivity index (χ1) is 18.0. The van der Waals surface area contributed by atoms with Gasteiger partial charge in [-0.25, -0.2) is 0 Å². The number of hydrogen-bond donors (Lipinski definition) is 1. The zero-order chi connectivity index (χ0) is 25.9. The van der Waals surface area contributed by atoms with Gasteiger partial charge in [-0.3, -0.25) is 19.3 Å². The maximum absolute atomic E-state index is 14.0. The molecule has 0 saturated heterocycles. The number of amides is 3. The van der Waals surface area contributed by atoms with Crippen LogP contribution in [0.3, 0.4) is 0 Å². The van der Waals surface area contributed by atoms with Crippen LogP contribution in [-0.4, -0.2) is 42.3 Å². The Morgan fingerprint density at radius 1 is 0.919 bits per heavy atom. The topological polar surface area (TPSA) is 69.7 Å². The zero-order valence-electron chi connectivity index (χ0n) is 20.4. The average molecular weight is 512 g/mol. The van der Waals surface area contributed by atoms with E-state index in [2.05, 4.69) is 5.32 Å². The van der Waals surface area contributed by atoms with Crippen LogP contribution in [0, 0.1) is 0 Å². The Hall–Kier alpha value is -4.16. The molecule has 186 valence electrons. The molecule has 0 saturated carbocycles. The Balaban J connectivity index is 1.50. The molecule has 4 aromatic rings. The first-order valence-electron chi connectivity index (χ1n) is 12.1. The van der Waals surface area contributed by atoms with E-state index in [0.29, 0.717) is 22.7 Å². The van der Waals surface area contributed by atoms with E-state index in [1.165, 1.54) is 4.90 Å². The molecular weight excluding hydrogens is 486 g/mol. The van der Waals surface area contributed by atoms with Crippen molar-refractivity contribution in [2.24, 2.45) is 0 Å². The number of hydrogen-bond acceptors (Lipinski definition) is 3. The summed E-state index contributed by atoms with van der Waals surface area (Å²) in [5.74, 6) is -0.831. The first-order valence-corrected chi connectivity index (χ1v) is 12.5. The monoisotopic (exact) mass is 511 g/mol. The van der Waals surface area contributed by atoms with Gasteiger partial charge in [0.05, 0.1) is 5.69 Å². The van der Waals surface area contributed by atoms with E-state index >= 15 is 0 Å². The maximum atomic E-state index is 14.0. The lowest BCUT2D eigenvalue weighted by atomic mass is 10.0. The highest BCUT2D eigenvalue weighted by Gasteiger charge is 2.35. The van der Waals surface area contributed by atoms with Crippen LogP contribution in [0.5, 0.6) is 0 Å². The summed E-state index contributed by atoms with van der Waals surface area (Å²) in [7, 11) is 1.56. The zero-order valence-corrected chi connectivity index (χ0v) is 21.1. The highest BCUT2D eigenvalue weighted by molar-refractivity contribution is 6.30. The fourth-order valence-corrected chi connectivity index (χ4v) is 5.13. The Kier molecular flexibility index (Phi) is 6.93. The third kappa shape index (κ3) is 4.93. The highest BCUT2D eigenvalue weighted by atomic mass is 35.5. The van der Waals surface area contributed by atoms with Gasteiger partial charge in [-0.05, 0) is 40.8 Å². The molecule has 1 aliphatic rings. The lowest BCUT2D eigenvalue weighted by Gasteiger charge is -2.32. The van der Waals surface area contributed by atoms with Gasteiger partial charge in [0.25, 0.3) is 5.91 Å². The van der Waals surface area contributed by atoms with E-state index < -0.39 is 6.04 Å². The molecule has 0 spiro atoms. The summed E-state index contributed by atoms with van der Waals surface area (Å²) in [5.41, 5.74) is 3.00. The summed E-state index contributed by atoms with van der Waals surface area (Å²) < 4.78 is 0. The molecule has 6 nitrogen and oxygen atoms in total. The molecular formula is C30H26ClN3O3. The molecule has 0 aliphatic carbocycles. The number of halogens is 1. The minimum Gasteiger partial charge on any atom is -0.357 e. The van der Waals surface area contributed by atoms with Crippen molar-refractivity contribution in [1.82, 2.24) is 10.2 Å². The second kappa shape index (κ2) is 10.4. The largest absolute Gasteiger partial charge is 0.357 e. The van der Waals surface area contributed by atoms with Gasteiger partial charge >= 0.3 is 0 Å². The van der Waals surface area contributed by atoms with Gasteiger partial charge in [0.2, 0.25) is 11.8 Å². The quantitative estimate of drug-likeness (QED) is 0.368. The van der Waals surface area contributed by atoms with Crippen molar-refractivity contribution in [2.75, 3.05) is 18.5 Å². The summed E-state index contributed by atoms with van der Waals surface area (Å²) in [6.07, 6.45) is 0.330. The summed E-state index contributed by atoms with van der Waals surface area (Å²) in [5, 5.41) is 5.04. The van der Waals surface area contributed by atoms with Gasteiger partial charge < -0.3 is 10.2 Å². The molecule has 0 aromatic heterocycles. The molecule has 3 amide bonds. The number of nitrogens with zero attached hydrogens (tertiary/aromatic N) is 2. The Bertz CT molecular complexity index is 1480. The van der Waals surface area contributed by atoms with Crippen molar-refractivity contribution in [2.45, 2.75) is 19.0 Å². The second-order valence-corrected chi connectivity index (χ2v) is 9.48. The number of carbonyl (C=O) groups is 3. The lowest BCUT2D eigenvalue weighted by Crippen LogP contribution is -2.52. The minimum absolute atomic E-state index is 0.170. The number of benzene rings is 4. The van der Waals surface area contributed by atoms with Crippen LogP contribution in [0.4, 0.5) is 5.69 Å². The maximum Gasteiger partial charge on any atom is 0.259 e. The van der Waals surface area contributed by atoms with E-state index in [-0.39, 0.29) is 30.8 Å². The SMILES string of the molecule is CNC(=O)C(Cc1ccccc1)N(Cc1cccc(Cl)c1)C(=O)CN1C(=O)c2cccc3cccc1c23. The fraction of sp³-hybridized carbons (Fsp3) is 0.167. The number of rotatable bonds is 8. The number of anilines is 1. The van der Waals surface area contributed by atoms with Gasteiger partial charge in [-0.15, -0.1) is 0 Å². The average Bonchev–Trinajstić information content (AvgIpc) is 3.18. The molecule has 7 heteroatoms. The Morgan fingerprint density at radius 3 is 2.35 bits per heavy atom. The molecule has 37 heavy (non-hydrogen) atoms. The summed E-state index contributed by atoms with van der Waals surface area (Å²) in [4.78, 5) is 43.5. The van der Waals surface area contributed by atoms with Crippen LogP contribution in [-0.2, 0) is 22.6 Å². The van der Waals surface area contributed by atoms with Crippen molar-refractivity contribution >= 4 is 45.8 Å². The summed E-state index contributed by atoms with van der Waals surface area (Å²) in [6, 6.07) is 27.3. The van der Waals surface area contributed by atoms with Crippen LogP contribution >= 0.6 is 11.6 Å². The molecule has 0 fully saturated rings. The highest BCUT2D eigenvalue weighted by Crippen LogP contribution is 2.37. The van der Waals surface area contributed by atoms with Gasteiger partial charge in [0.15, 0.2) is 0 Å². The van der Waals surface area contributed by atoms with Crippen LogP contribution < -0.4 is 10.2 Å². The number of likely N-dealkylation sites (N-methyl/N-ethyl adjacent to an activating group) is 1. The molecule has 1 N–H and O–H groups in total. The molecule has 1 heterocycles. The Morgan fingerprint density at radius 2 is 1.62 bits per heavy atom. The smallest absolute Gasteiger partial charge is 0.259 e. The third-order valence-electron chi connectivity index (χ3n) is 6.70. The normalized spacial score (nSPS) is 13.0. The molecule has 0 bridgehead atoms. The van der Waals surface area contributed by atoms with Crippen LogP contribution in [0.2, 0.25) is 5.02 Å². The van der Waals surface area contributed by atoms with Gasteiger partial charge in [-0.1, -0.05) is 78.3 Å². The van der Waals surface area contributed by atoms with E-state index in [1.807, 2.05) is 72.8 Å². The molecule has 0 radical (unpaired) electrons. The predicted octanol–water partition coefficient (Wildman–Crippen LogP) is 4.84. The number of nitrogens with one attached hydrogen (secondary N) is 1. The van der Waals surface area contributed by atoms with Gasteiger partial charge in [0, 0.05) is 36.0 Å². The standard InChI is InChI=1S/C30H26ClN3O3/c1-32-29(36)26(17-20-8-3-2-4-9-20)33(18-21-10-5-13-23(31)16-21)27(35)19-34-25-15-7-12-22-11-6-14-24(28(22)25)30(34)37/h2-16,26H,17-19H2,1H3,(H,32,36). The fourth-order valence-electron chi connectivity index (χ4n) is 4.91. The van der Waals surface area contributed by atoms with Crippen molar-refractivity contribution in [3.05, 3.63) is 113 Å². The minimum atomic E-state index is -0.783. The lowest BCUT2D eigenvalue weighted by molar-refractivity contribution is -0.140. The molecule has 5 rings (SSSR count). The van der Waals surface area contributed by atoms with Crippen molar-refractivity contribution < 1.29 is 14.4 Å². The number of carbonyl (C=O) groups excluding carboxylic acids is 3.